The van der Waals surface area contributed by atoms with Gasteiger partial charge in [0.2, 0.25) is 5.91 Å². The third-order valence-corrected chi connectivity index (χ3v) is 3.57. The first-order valence-corrected chi connectivity index (χ1v) is 5.98. The summed E-state index contributed by atoms with van der Waals surface area (Å²) in [6, 6.07) is 3.64. The van der Waals surface area contributed by atoms with E-state index in [2.05, 4.69) is 6.92 Å². The van der Waals surface area contributed by atoms with E-state index in [4.69, 9.17) is 9.15 Å². The van der Waals surface area contributed by atoms with Crippen molar-refractivity contribution in [3.63, 3.8) is 0 Å². The van der Waals surface area contributed by atoms with E-state index in [0.29, 0.717) is 6.42 Å². The number of methoxy groups -OCH3 is 1. The second kappa shape index (κ2) is 4.92. The Balaban J connectivity index is 1.86. The quantitative estimate of drug-likeness (QED) is 0.805. The molecule has 0 saturated carbocycles. The third-order valence-electron chi connectivity index (χ3n) is 3.57. The molecule has 4 heteroatoms. The van der Waals surface area contributed by atoms with Gasteiger partial charge in [-0.25, -0.2) is 0 Å². The van der Waals surface area contributed by atoms with Crippen LogP contribution in [0.5, 0.6) is 0 Å². The molecule has 0 unspecified atom stereocenters. The van der Waals surface area contributed by atoms with Crippen molar-refractivity contribution in [2.75, 3.05) is 20.2 Å². The highest BCUT2D eigenvalue weighted by Crippen LogP contribution is 2.25. The summed E-state index contributed by atoms with van der Waals surface area (Å²) >= 11 is 0. The van der Waals surface area contributed by atoms with E-state index >= 15 is 0 Å². The lowest BCUT2D eigenvalue weighted by molar-refractivity contribution is -0.135. The van der Waals surface area contributed by atoms with E-state index < -0.39 is 0 Å². The molecule has 1 aliphatic rings. The molecule has 0 spiro atoms. The Bertz CT molecular complexity index is 364. The van der Waals surface area contributed by atoms with Crippen LogP contribution in [0, 0.1) is 0 Å². The predicted molar refractivity (Wildman–Crippen MR) is 63.6 cm³/mol. The SMILES string of the molecule is COC1(C)CCN(C(=O)Cc2ccco2)CC1. The van der Waals surface area contributed by atoms with Crippen LogP contribution in [-0.2, 0) is 16.0 Å². The van der Waals surface area contributed by atoms with E-state index in [0.717, 1.165) is 31.7 Å². The standard InChI is InChI=1S/C13H19NO3/c1-13(16-2)5-7-14(8-6-13)12(15)10-11-4-3-9-17-11/h3-4,9H,5-8,10H2,1-2H3. The number of hydrogen-bond donors (Lipinski definition) is 0. The highest BCUT2D eigenvalue weighted by Gasteiger charge is 2.31. The molecule has 1 saturated heterocycles. The molecule has 2 heterocycles. The van der Waals surface area contributed by atoms with Crippen molar-refractivity contribution in [3.05, 3.63) is 24.2 Å². The number of carbonyl (C=O) groups is 1. The number of piperidine rings is 1. The lowest BCUT2D eigenvalue weighted by Crippen LogP contribution is -2.46. The maximum atomic E-state index is 12.0. The normalized spacial score (nSPS) is 19.3. The van der Waals surface area contributed by atoms with Crippen LogP contribution in [0.2, 0.25) is 0 Å². The Morgan fingerprint density at radius 1 is 1.53 bits per heavy atom. The summed E-state index contributed by atoms with van der Waals surface area (Å²) in [6.45, 7) is 3.63. The minimum atomic E-state index is -0.0680. The molecule has 0 radical (unpaired) electrons. The maximum Gasteiger partial charge on any atom is 0.230 e. The molecule has 1 amide bonds. The largest absolute Gasteiger partial charge is 0.469 e. The minimum Gasteiger partial charge on any atom is -0.469 e. The molecule has 1 aromatic rings. The lowest BCUT2D eigenvalue weighted by atomic mass is 9.93. The smallest absolute Gasteiger partial charge is 0.230 e. The van der Waals surface area contributed by atoms with Gasteiger partial charge in [0.15, 0.2) is 0 Å². The van der Waals surface area contributed by atoms with Gasteiger partial charge in [-0.05, 0) is 31.9 Å². The van der Waals surface area contributed by atoms with E-state index in [-0.39, 0.29) is 11.5 Å². The number of nitrogens with zero attached hydrogens (tertiary/aromatic N) is 1. The summed E-state index contributed by atoms with van der Waals surface area (Å²) in [7, 11) is 1.74. The van der Waals surface area contributed by atoms with Gasteiger partial charge in [0.25, 0.3) is 0 Å². The first-order valence-electron chi connectivity index (χ1n) is 5.98. The van der Waals surface area contributed by atoms with E-state index in [1.165, 1.54) is 0 Å². The monoisotopic (exact) mass is 237 g/mol. The van der Waals surface area contributed by atoms with Crippen molar-refractivity contribution in [1.82, 2.24) is 4.90 Å². The zero-order valence-corrected chi connectivity index (χ0v) is 10.4. The molecule has 0 atom stereocenters. The van der Waals surface area contributed by atoms with Crippen LogP contribution in [0.4, 0.5) is 0 Å². The lowest BCUT2D eigenvalue weighted by Gasteiger charge is -2.38. The van der Waals surface area contributed by atoms with Crippen LogP contribution in [-0.4, -0.2) is 36.6 Å². The van der Waals surface area contributed by atoms with Crippen molar-refractivity contribution in [2.24, 2.45) is 0 Å². The van der Waals surface area contributed by atoms with Crippen LogP contribution < -0.4 is 0 Å². The van der Waals surface area contributed by atoms with Crippen molar-refractivity contribution in [1.29, 1.82) is 0 Å². The summed E-state index contributed by atoms with van der Waals surface area (Å²) in [4.78, 5) is 13.9. The fourth-order valence-electron chi connectivity index (χ4n) is 2.11. The molecule has 2 rings (SSSR count). The molecule has 0 aromatic carbocycles. The summed E-state index contributed by atoms with van der Waals surface area (Å²) in [5.74, 6) is 0.869. The number of furan rings is 1. The molecule has 1 fully saturated rings. The molecular formula is C13H19NO3. The van der Waals surface area contributed by atoms with Gasteiger partial charge in [-0.2, -0.15) is 0 Å². The Morgan fingerprint density at radius 3 is 2.76 bits per heavy atom. The van der Waals surface area contributed by atoms with Gasteiger partial charge in [-0.3, -0.25) is 4.79 Å². The molecule has 4 nitrogen and oxygen atoms in total. The van der Waals surface area contributed by atoms with Crippen LogP contribution in [0.3, 0.4) is 0 Å². The minimum absolute atomic E-state index is 0.0680. The summed E-state index contributed by atoms with van der Waals surface area (Å²) in [5, 5.41) is 0. The van der Waals surface area contributed by atoms with Crippen LogP contribution in [0.25, 0.3) is 0 Å². The summed E-state index contributed by atoms with van der Waals surface area (Å²) in [5.41, 5.74) is -0.0680. The van der Waals surface area contributed by atoms with Crippen molar-refractivity contribution >= 4 is 5.91 Å². The highest BCUT2D eigenvalue weighted by molar-refractivity contribution is 5.78. The van der Waals surface area contributed by atoms with Crippen molar-refractivity contribution in [3.8, 4) is 0 Å². The summed E-state index contributed by atoms with van der Waals surface area (Å²) < 4.78 is 10.6. The Hall–Kier alpha value is -1.29. The van der Waals surface area contributed by atoms with Crippen LogP contribution in [0.1, 0.15) is 25.5 Å². The Morgan fingerprint density at radius 2 is 2.24 bits per heavy atom. The number of rotatable bonds is 3. The predicted octanol–water partition coefficient (Wildman–Crippen LogP) is 1.85. The molecule has 94 valence electrons. The Kier molecular flexibility index (Phi) is 3.52. The zero-order chi connectivity index (χ0) is 12.3. The molecule has 1 aliphatic heterocycles. The summed E-state index contributed by atoms with van der Waals surface area (Å²) in [6.07, 6.45) is 3.75. The van der Waals surface area contributed by atoms with E-state index in [9.17, 15) is 4.79 Å². The number of ether oxygens (including phenoxy) is 1. The second-order valence-electron chi connectivity index (χ2n) is 4.79. The average molecular weight is 237 g/mol. The molecule has 0 bridgehead atoms. The van der Waals surface area contributed by atoms with Crippen molar-refractivity contribution in [2.45, 2.75) is 31.8 Å². The molecule has 17 heavy (non-hydrogen) atoms. The third kappa shape index (κ3) is 2.88. The van der Waals surface area contributed by atoms with Gasteiger partial charge in [-0.15, -0.1) is 0 Å². The van der Waals surface area contributed by atoms with Gasteiger partial charge < -0.3 is 14.1 Å². The van der Waals surface area contributed by atoms with Crippen molar-refractivity contribution < 1.29 is 13.9 Å². The van der Waals surface area contributed by atoms with Gasteiger partial charge >= 0.3 is 0 Å². The number of hydrogen-bond acceptors (Lipinski definition) is 3. The first kappa shape index (κ1) is 12.2. The fraction of sp³-hybridized carbons (Fsp3) is 0.615. The number of amides is 1. The molecule has 1 aromatic heterocycles. The first-order chi connectivity index (χ1) is 8.13. The van der Waals surface area contributed by atoms with Gasteiger partial charge in [0.1, 0.15) is 5.76 Å². The highest BCUT2D eigenvalue weighted by atomic mass is 16.5. The topological polar surface area (TPSA) is 42.7 Å². The molecule has 0 N–H and O–H groups in total. The van der Waals surface area contributed by atoms with Crippen LogP contribution >= 0.6 is 0 Å². The average Bonchev–Trinajstić information content (AvgIpc) is 2.83. The zero-order valence-electron chi connectivity index (χ0n) is 10.4. The van der Waals surface area contributed by atoms with Gasteiger partial charge in [0.05, 0.1) is 18.3 Å². The van der Waals surface area contributed by atoms with E-state index in [1.807, 2.05) is 11.0 Å². The number of carbonyl (C=O) groups excluding carboxylic acids is 1. The molecular weight excluding hydrogens is 218 g/mol. The maximum absolute atomic E-state index is 12.0. The second-order valence-corrected chi connectivity index (χ2v) is 4.79. The van der Waals surface area contributed by atoms with Crippen LogP contribution in [0.15, 0.2) is 22.8 Å². The van der Waals surface area contributed by atoms with Gasteiger partial charge in [0, 0.05) is 20.2 Å². The number of likely N-dealkylation sites (tertiary alicyclic amines) is 1. The van der Waals surface area contributed by atoms with E-state index in [1.54, 1.807) is 19.4 Å². The Labute approximate surface area is 102 Å². The fourth-order valence-corrected chi connectivity index (χ4v) is 2.11. The molecule has 0 aliphatic carbocycles. The van der Waals surface area contributed by atoms with Gasteiger partial charge in [-0.1, -0.05) is 0 Å².